The van der Waals surface area contributed by atoms with Crippen molar-refractivity contribution in [3.63, 3.8) is 0 Å². The van der Waals surface area contributed by atoms with Crippen molar-refractivity contribution in [3.05, 3.63) is 52.4 Å². The van der Waals surface area contributed by atoms with E-state index in [1.807, 2.05) is 6.07 Å². The highest BCUT2D eigenvalue weighted by Crippen LogP contribution is 2.35. The molecular weight excluding hydrogens is 407 g/mol. The van der Waals surface area contributed by atoms with Crippen LogP contribution < -0.4 is 5.32 Å². The molecule has 0 atom stereocenters. The lowest BCUT2D eigenvalue weighted by Gasteiger charge is -2.32. The fraction of sp³-hybridized carbons (Fsp3) is 0.381. The van der Waals surface area contributed by atoms with Crippen molar-refractivity contribution < 1.29 is 18.7 Å². The number of piperidine rings is 1. The number of nitrogens with one attached hydrogen (secondary N) is 1. The predicted molar refractivity (Wildman–Crippen MR) is 112 cm³/mol. The molecule has 2 aromatic heterocycles. The van der Waals surface area contributed by atoms with Crippen molar-refractivity contribution in [2.45, 2.75) is 25.5 Å². The quantitative estimate of drug-likeness (QED) is 0.675. The predicted octanol–water partition coefficient (Wildman–Crippen LogP) is 2.95. The summed E-state index contributed by atoms with van der Waals surface area (Å²) >= 11 is 1.30. The van der Waals surface area contributed by atoms with Gasteiger partial charge in [-0.2, -0.15) is 5.10 Å². The molecule has 0 aliphatic carbocycles. The lowest BCUT2D eigenvalue weighted by atomic mass is 10.0. The summed E-state index contributed by atoms with van der Waals surface area (Å²) in [5.74, 6) is -0.610. The molecule has 30 heavy (non-hydrogen) atoms. The van der Waals surface area contributed by atoms with Gasteiger partial charge in [0.2, 0.25) is 0 Å². The second-order valence-corrected chi connectivity index (χ2v) is 8.45. The maximum Gasteiger partial charge on any atom is 0.264 e. The minimum atomic E-state index is -0.341. The first-order chi connectivity index (χ1) is 14.5. The van der Waals surface area contributed by atoms with E-state index in [1.54, 1.807) is 28.9 Å². The molecule has 2 amide bonds. The number of hydrogen-bond acceptors (Lipinski definition) is 5. The largest absolute Gasteiger partial charge is 0.380 e. The van der Waals surface area contributed by atoms with Crippen LogP contribution in [0, 0.1) is 5.82 Å². The Hall–Kier alpha value is -2.78. The summed E-state index contributed by atoms with van der Waals surface area (Å²) in [4.78, 5) is 27.8. The third-order valence-corrected chi connectivity index (χ3v) is 6.52. The number of aryl methyl sites for hydroxylation is 1. The van der Waals surface area contributed by atoms with E-state index in [1.165, 1.54) is 30.7 Å². The number of thiophene rings is 1. The summed E-state index contributed by atoms with van der Waals surface area (Å²) in [6, 6.07) is 4.87. The summed E-state index contributed by atoms with van der Waals surface area (Å²) < 4.78 is 22.0. The Morgan fingerprint density at radius 3 is 2.77 bits per heavy atom. The highest BCUT2D eigenvalue weighted by Gasteiger charge is 2.29. The van der Waals surface area contributed by atoms with Crippen LogP contribution in [-0.4, -0.2) is 52.7 Å². The Kier molecular flexibility index (Phi) is 5.83. The molecule has 1 aliphatic heterocycles. The fourth-order valence-corrected chi connectivity index (χ4v) is 4.99. The maximum atomic E-state index is 14.4. The van der Waals surface area contributed by atoms with E-state index in [2.05, 4.69) is 10.4 Å². The van der Waals surface area contributed by atoms with E-state index < -0.39 is 0 Å². The summed E-state index contributed by atoms with van der Waals surface area (Å²) in [7, 11) is 3.30. The number of benzene rings is 1. The lowest BCUT2D eigenvalue weighted by molar-refractivity contribution is 0.0699. The van der Waals surface area contributed by atoms with E-state index in [0.29, 0.717) is 47.3 Å². The summed E-state index contributed by atoms with van der Waals surface area (Å²) in [6.07, 6.45) is 4.53. The smallest absolute Gasteiger partial charge is 0.264 e. The number of hydrogen-bond donors (Lipinski definition) is 1. The van der Waals surface area contributed by atoms with Gasteiger partial charge in [0.1, 0.15) is 5.82 Å². The zero-order chi connectivity index (χ0) is 21.3. The minimum Gasteiger partial charge on any atom is -0.380 e. The van der Waals surface area contributed by atoms with E-state index in [0.717, 1.165) is 4.70 Å². The van der Waals surface area contributed by atoms with Gasteiger partial charge in [0.05, 0.1) is 23.2 Å². The molecule has 9 heteroatoms. The van der Waals surface area contributed by atoms with E-state index in [9.17, 15) is 14.0 Å². The summed E-state index contributed by atoms with van der Waals surface area (Å²) in [6.45, 7) is 1.24. The number of halogens is 1. The number of carbonyl (C=O) groups excluding carboxylic acids is 2. The van der Waals surface area contributed by atoms with Gasteiger partial charge in [0, 0.05) is 55.1 Å². The number of ether oxygens (including phenoxy) is 1. The molecule has 1 fully saturated rings. The molecule has 1 N–H and O–H groups in total. The third-order valence-electron chi connectivity index (χ3n) is 5.33. The van der Waals surface area contributed by atoms with E-state index >= 15 is 0 Å². The van der Waals surface area contributed by atoms with Crippen LogP contribution in [0.4, 0.5) is 4.39 Å². The molecule has 4 rings (SSSR count). The van der Waals surface area contributed by atoms with Gasteiger partial charge in [0.15, 0.2) is 0 Å². The van der Waals surface area contributed by atoms with Crippen LogP contribution in [0.3, 0.4) is 0 Å². The summed E-state index contributed by atoms with van der Waals surface area (Å²) in [5.41, 5.74) is 1.13. The molecule has 158 valence electrons. The fourth-order valence-electron chi connectivity index (χ4n) is 3.80. The lowest BCUT2D eigenvalue weighted by Crippen LogP contribution is -2.46. The van der Waals surface area contributed by atoms with Crippen LogP contribution in [0.2, 0.25) is 0 Å². The van der Waals surface area contributed by atoms with Crippen molar-refractivity contribution in [3.8, 4) is 0 Å². The van der Waals surface area contributed by atoms with Crippen molar-refractivity contribution >= 4 is 33.2 Å². The first-order valence-corrected chi connectivity index (χ1v) is 10.6. The molecule has 7 nitrogen and oxygen atoms in total. The summed E-state index contributed by atoms with van der Waals surface area (Å²) in [5, 5.41) is 7.49. The van der Waals surface area contributed by atoms with Gasteiger partial charge in [-0.05, 0) is 25.0 Å². The molecule has 3 heterocycles. The molecule has 0 bridgehead atoms. The standard InChI is InChI=1S/C21H23FN4O3S/c1-25-11-13(10-23-25)20(27)24-14-6-8-26(9-7-14)21(28)19-15(12-29-2)18-16(22)4-3-5-17(18)30-19/h3-5,10-11,14H,6-9,12H2,1-2H3,(H,24,27). The minimum absolute atomic E-state index is 0.0000500. The molecule has 0 saturated carbocycles. The van der Waals surface area contributed by atoms with Gasteiger partial charge in [-0.1, -0.05) is 6.07 Å². The maximum absolute atomic E-state index is 14.4. The third kappa shape index (κ3) is 3.95. The number of methoxy groups -OCH3 is 1. The Balaban J connectivity index is 1.45. The highest BCUT2D eigenvalue weighted by molar-refractivity contribution is 7.21. The Morgan fingerprint density at radius 1 is 1.33 bits per heavy atom. The second kappa shape index (κ2) is 8.53. The van der Waals surface area contributed by atoms with Crippen LogP contribution in [0.25, 0.3) is 10.1 Å². The molecular formula is C21H23FN4O3S. The second-order valence-electron chi connectivity index (χ2n) is 7.40. The first-order valence-electron chi connectivity index (χ1n) is 9.75. The average molecular weight is 431 g/mol. The van der Waals surface area contributed by atoms with Crippen molar-refractivity contribution in [1.82, 2.24) is 20.0 Å². The number of aromatic nitrogens is 2. The SMILES string of the molecule is COCc1c(C(=O)N2CCC(NC(=O)c3cnn(C)c3)CC2)sc2cccc(F)c12. The van der Waals surface area contributed by atoms with Gasteiger partial charge in [-0.25, -0.2) is 4.39 Å². The number of carbonyl (C=O) groups is 2. The van der Waals surface area contributed by atoms with Crippen LogP contribution in [0.1, 0.15) is 38.4 Å². The molecule has 1 aromatic carbocycles. The zero-order valence-corrected chi connectivity index (χ0v) is 17.7. The Bertz CT molecular complexity index is 1090. The topological polar surface area (TPSA) is 76.5 Å². The van der Waals surface area contributed by atoms with Crippen LogP contribution in [0.5, 0.6) is 0 Å². The number of nitrogens with zero attached hydrogens (tertiary/aromatic N) is 3. The van der Waals surface area contributed by atoms with Gasteiger partial charge >= 0.3 is 0 Å². The van der Waals surface area contributed by atoms with Gasteiger partial charge in [-0.15, -0.1) is 11.3 Å². The Labute approximate surface area is 177 Å². The van der Waals surface area contributed by atoms with Crippen LogP contribution >= 0.6 is 11.3 Å². The number of amides is 2. The zero-order valence-electron chi connectivity index (χ0n) is 16.9. The normalized spacial score (nSPS) is 15.0. The Morgan fingerprint density at radius 2 is 2.10 bits per heavy atom. The first kappa shape index (κ1) is 20.5. The molecule has 1 saturated heterocycles. The molecule has 0 unspecified atom stereocenters. The van der Waals surface area contributed by atoms with Gasteiger partial charge in [0.25, 0.3) is 11.8 Å². The van der Waals surface area contributed by atoms with E-state index in [-0.39, 0.29) is 30.3 Å². The molecule has 0 radical (unpaired) electrons. The van der Waals surface area contributed by atoms with Gasteiger partial charge < -0.3 is 15.0 Å². The molecule has 0 spiro atoms. The number of rotatable bonds is 5. The van der Waals surface area contributed by atoms with Crippen LogP contribution in [0.15, 0.2) is 30.6 Å². The number of likely N-dealkylation sites (tertiary alicyclic amines) is 1. The monoisotopic (exact) mass is 430 g/mol. The van der Waals surface area contributed by atoms with Crippen molar-refractivity contribution in [2.75, 3.05) is 20.2 Å². The van der Waals surface area contributed by atoms with Gasteiger partial charge in [-0.3, -0.25) is 14.3 Å². The average Bonchev–Trinajstić information content (AvgIpc) is 3.33. The molecule has 1 aliphatic rings. The van der Waals surface area contributed by atoms with Crippen LogP contribution in [-0.2, 0) is 18.4 Å². The highest BCUT2D eigenvalue weighted by atomic mass is 32.1. The molecule has 3 aromatic rings. The van der Waals surface area contributed by atoms with E-state index in [4.69, 9.17) is 4.74 Å². The van der Waals surface area contributed by atoms with Crippen molar-refractivity contribution in [2.24, 2.45) is 7.05 Å². The number of fused-ring (bicyclic) bond motifs is 1. The van der Waals surface area contributed by atoms with Crippen molar-refractivity contribution in [1.29, 1.82) is 0 Å².